The van der Waals surface area contributed by atoms with Crippen LogP contribution in [0.25, 0.3) is 17.2 Å². The van der Waals surface area contributed by atoms with Crippen molar-refractivity contribution in [1.29, 1.82) is 0 Å². The number of amides is 1. The molecule has 1 amide bonds. The first-order chi connectivity index (χ1) is 14.4. The summed E-state index contributed by atoms with van der Waals surface area (Å²) in [5.41, 5.74) is 4.15. The third-order valence-corrected chi connectivity index (χ3v) is 6.56. The van der Waals surface area contributed by atoms with Gasteiger partial charge in [-0.2, -0.15) is 0 Å². The van der Waals surface area contributed by atoms with E-state index in [0.29, 0.717) is 10.1 Å². The topological polar surface area (TPSA) is 70.0 Å². The number of nitrogens with zero attached hydrogens (tertiary/aromatic N) is 2. The van der Waals surface area contributed by atoms with Crippen LogP contribution < -0.4 is 0 Å². The average Bonchev–Trinajstić information content (AvgIpc) is 3.31. The van der Waals surface area contributed by atoms with Crippen molar-refractivity contribution in [1.82, 2.24) is 4.90 Å². The third-order valence-electron chi connectivity index (χ3n) is 4.62. The summed E-state index contributed by atoms with van der Waals surface area (Å²) >= 11 is 2.90. The smallest absolute Gasteiger partial charge is 0.335 e. The molecule has 3 aromatic rings. The highest BCUT2D eigenvalue weighted by molar-refractivity contribution is 8.18. The summed E-state index contributed by atoms with van der Waals surface area (Å²) in [4.78, 5) is 31.4. The Bertz CT molecular complexity index is 1180. The highest BCUT2D eigenvalue weighted by Crippen LogP contribution is 2.35. The average molecular weight is 435 g/mol. The van der Waals surface area contributed by atoms with Gasteiger partial charge >= 0.3 is 5.97 Å². The normalized spacial score (nSPS) is 16.6. The van der Waals surface area contributed by atoms with E-state index < -0.39 is 5.97 Å². The molecule has 0 radical (unpaired) electrons. The molecule has 2 heterocycles. The summed E-state index contributed by atoms with van der Waals surface area (Å²) in [6.45, 7) is 2.02. The molecule has 1 aliphatic rings. The molecule has 1 saturated heterocycles. The van der Waals surface area contributed by atoms with Crippen molar-refractivity contribution >= 4 is 51.9 Å². The van der Waals surface area contributed by atoms with Gasteiger partial charge in [0.05, 0.1) is 16.2 Å². The minimum absolute atomic E-state index is 0.0772. The van der Waals surface area contributed by atoms with E-state index in [1.165, 1.54) is 23.1 Å². The van der Waals surface area contributed by atoms with Gasteiger partial charge < -0.3 is 5.11 Å². The zero-order valence-corrected chi connectivity index (χ0v) is 18.0. The van der Waals surface area contributed by atoms with Gasteiger partial charge in [0.1, 0.15) is 0 Å². The molecule has 5 nitrogen and oxygen atoms in total. The number of benzene rings is 2. The molecule has 2 aromatic carbocycles. The number of aromatic carboxylic acids is 1. The highest BCUT2D eigenvalue weighted by atomic mass is 32.2. The molecular formula is C23H18N2O3S2. The fraction of sp³-hybridized carbons (Fsp3) is 0.0870. The first-order valence-electron chi connectivity index (χ1n) is 9.16. The summed E-state index contributed by atoms with van der Waals surface area (Å²) in [7, 11) is 1.73. The van der Waals surface area contributed by atoms with Gasteiger partial charge in [-0.25, -0.2) is 9.79 Å². The van der Waals surface area contributed by atoms with Gasteiger partial charge in [-0.3, -0.25) is 9.69 Å². The van der Waals surface area contributed by atoms with E-state index in [-0.39, 0.29) is 11.5 Å². The molecule has 150 valence electrons. The van der Waals surface area contributed by atoms with E-state index in [4.69, 9.17) is 5.11 Å². The van der Waals surface area contributed by atoms with Gasteiger partial charge in [-0.1, -0.05) is 29.8 Å². The fourth-order valence-electron chi connectivity index (χ4n) is 2.90. The first-order valence-corrected chi connectivity index (χ1v) is 10.9. The number of carboxylic acid groups (broad SMARTS) is 1. The number of likely N-dealkylation sites (N-methyl/N-ethyl adjacent to an activating group) is 1. The molecule has 0 saturated carbocycles. The van der Waals surface area contributed by atoms with Crippen LogP contribution in [0.5, 0.6) is 0 Å². The third kappa shape index (κ3) is 4.22. The minimum atomic E-state index is -0.943. The first kappa shape index (κ1) is 20.1. The summed E-state index contributed by atoms with van der Waals surface area (Å²) in [6, 6.07) is 16.6. The maximum atomic E-state index is 12.6. The molecule has 1 aromatic heterocycles. The zero-order chi connectivity index (χ0) is 21.3. The molecule has 1 fully saturated rings. The van der Waals surface area contributed by atoms with E-state index in [0.717, 1.165) is 27.3 Å². The van der Waals surface area contributed by atoms with Crippen LogP contribution in [-0.4, -0.2) is 34.1 Å². The lowest BCUT2D eigenvalue weighted by Gasteiger charge is -2.07. The number of carbonyl (C=O) groups is 2. The van der Waals surface area contributed by atoms with Crippen LogP contribution in [-0.2, 0) is 4.79 Å². The summed E-state index contributed by atoms with van der Waals surface area (Å²) in [5.74, 6) is -1.02. The number of hydrogen-bond acceptors (Lipinski definition) is 5. The van der Waals surface area contributed by atoms with Crippen molar-refractivity contribution in [2.45, 2.75) is 6.92 Å². The number of rotatable bonds is 4. The largest absolute Gasteiger partial charge is 0.478 e. The fourth-order valence-corrected chi connectivity index (χ4v) is 4.80. The number of hydrogen-bond donors (Lipinski definition) is 1. The Kier molecular flexibility index (Phi) is 5.57. The Balaban J connectivity index is 1.55. The Morgan fingerprint density at radius 2 is 1.77 bits per heavy atom. The van der Waals surface area contributed by atoms with Gasteiger partial charge in [0, 0.05) is 11.9 Å². The number of thioether (sulfide) groups is 1. The van der Waals surface area contributed by atoms with E-state index >= 15 is 0 Å². The molecule has 7 heteroatoms. The van der Waals surface area contributed by atoms with Gasteiger partial charge in [0.15, 0.2) is 5.17 Å². The maximum absolute atomic E-state index is 12.6. The molecule has 0 unspecified atom stereocenters. The number of aliphatic imine (C=N–C) groups is 1. The van der Waals surface area contributed by atoms with E-state index in [1.54, 1.807) is 36.2 Å². The highest BCUT2D eigenvalue weighted by Gasteiger charge is 2.30. The Morgan fingerprint density at radius 1 is 1.07 bits per heavy atom. The van der Waals surface area contributed by atoms with Gasteiger partial charge in [-0.05, 0) is 71.6 Å². The lowest BCUT2D eigenvalue weighted by Crippen LogP contribution is -2.23. The van der Waals surface area contributed by atoms with Crippen molar-refractivity contribution in [2.75, 3.05) is 7.05 Å². The van der Waals surface area contributed by atoms with Crippen LogP contribution >= 0.6 is 23.1 Å². The summed E-state index contributed by atoms with van der Waals surface area (Å²) < 4.78 is 0. The molecule has 30 heavy (non-hydrogen) atoms. The number of carbonyl (C=O) groups excluding carboxylic acids is 1. The summed E-state index contributed by atoms with van der Waals surface area (Å²) in [6.07, 6.45) is 1.88. The van der Waals surface area contributed by atoms with Crippen LogP contribution in [0.15, 0.2) is 69.9 Å². The molecule has 0 aliphatic carbocycles. The predicted molar refractivity (Wildman–Crippen MR) is 123 cm³/mol. The van der Waals surface area contributed by atoms with Crippen molar-refractivity contribution in [3.63, 3.8) is 0 Å². The molecule has 0 atom stereocenters. The van der Waals surface area contributed by atoms with E-state index in [9.17, 15) is 9.59 Å². The second-order valence-corrected chi connectivity index (χ2v) is 8.78. The minimum Gasteiger partial charge on any atom is -0.478 e. The van der Waals surface area contributed by atoms with Gasteiger partial charge in [0.2, 0.25) is 0 Å². The standard InChI is InChI=1S/C23H18N2O3S2/c1-14-3-9-18(10-4-14)24-23-25(2)21(26)20(30-23)12-19-11-17(13-29-19)15-5-7-16(8-6-15)22(27)28/h3-13H,1-2H3,(H,27,28). The lowest BCUT2D eigenvalue weighted by molar-refractivity contribution is -0.121. The van der Waals surface area contributed by atoms with Crippen LogP contribution in [0.2, 0.25) is 0 Å². The second kappa shape index (κ2) is 8.30. The summed E-state index contributed by atoms with van der Waals surface area (Å²) in [5, 5.41) is 11.7. The lowest BCUT2D eigenvalue weighted by atomic mass is 10.1. The van der Waals surface area contributed by atoms with E-state index in [1.807, 2.05) is 48.7 Å². The maximum Gasteiger partial charge on any atom is 0.335 e. The molecular weight excluding hydrogens is 416 g/mol. The SMILES string of the molecule is Cc1ccc(N=C2SC(=Cc3cc(-c4ccc(C(=O)O)cc4)cs3)C(=O)N2C)cc1. The van der Waals surface area contributed by atoms with Gasteiger partial charge in [-0.15, -0.1) is 11.3 Å². The molecule has 0 spiro atoms. The Hall–Kier alpha value is -3.16. The van der Waals surface area contributed by atoms with Crippen molar-refractivity contribution in [3.8, 4) is 11.1 Å². The van der Waals surface area contributed by atoms with Crippen molar-refractivity contribution in [3.05, 3.63) is 80.9 Å². The molecule has 4 rings (SSSR count). The quantitative estimate of drug-likeness (QED) is 0.538. The van der Waals surface area contributed by atoms with Crippen LogP contribution in [0.1, 0.15) is 20.8 Å². The van der Waals surface area contributed by atoms with Crippen LogP contribution in [0.4, 0.5) is 5.69 Å². The van der Waals surface area contributed by atoms with Crippen molar-refractivity contribution < 1.29 is 14.7 Å². The Morgan fingerprint density at radius 3 is 2.43 bits per heavy atom. The number of amidine groups is 1. The predicted octanol–water partition coefficient (Wildman–Crippen LogP) is 5.66. The molecule has 1 N–H and O–H groups in total. The van der Waals surface area contributed by atoms with Crippen LogP contribution in [0.3, 0.4) is 0 Å². The van der Waals surface area contributed by atoms with E-state index in [2.05, 4.69) is 4.99 Å². The Labute approximate surface area is 182 Å². The monoisotopic (exact) mass is 434 g/mol. The van der Waals surface area contributed by atoms with Crippen LogP contribution in [0, 0.1) is 6.92 Å². The molecule has 0 bridgehead atoms. The number of thiophene rings is 1. The second-order valence-electron chi connectivity index (χ2n) is 6.83. The van der Waals surface area contributed by atoms with Gasteiger partial charge in [0.25, 0.3) is 5.91 Å². The number of aryl methyl sites for hydroxylation is 1. The van der Waals surface area contributed by atoms with Crippen molar-refractivity contribution in [2.24, 2.45) is 4.99 Å². The number of carboxylic acids is 1. The molecule has 1 aliphatic heterocycles. The zero-order valence-electron chi connectivity index (χ0n) is 16.3.